The van der Waals surface area contributed by atoms with Crippen molar-refractivity contribution in [2.45, 2.75) is 32.6 Å². The summed E-state index contributed by atoms with van der Waals surface area (Å²) in [5.74, 6) is -0.202. The zero-order valence-electron chi connectivity index (χ0n) is 8.84. The molecule has 0 spiro atoms. The Balaban J connectivity index is 2.64. The van der Waals surface area contributed by atoms with Crippen LogP contribution < -0.4 is 11.5 Å². The molecule has 1 amide bonds. The second-order valence-corrected chi connectivity index (χ2v) is 3.99. The maximum atomic E-state index is 11.2. The highest BCUT2D eigenvalue weighted by atomic mass is 16.1. The predicted molar refractivity (Wildman–Crippen MR) is 58.5 cm³/mol. The summed E-state index contributed by atoms with van der Waals surface area (Å²) < 4.78 is 0. The lowest BCUT2D eigenvalue weighted by atomic mass is 9.90. The van der Waals surface area contributed by atoms with Gasteiger partial charge in [-0.15, -0.1) is 0 Å². The molecular formula is C11H15N3O. The first kappa shape index (κ1) is 9.96. The molecule has 1 heterocycles. The van der Waals surface area contributed by atoms with E-state index in [-0.39, 0.29) is 5.82 Å². The lowest BCUT2D eigenvalue weighted by Crippen LogP contribution is -2.20. The molecule has 4 heteroatoms. The van der Waals surface area contributed by atoms with Crippen LogP contribution in [0.1, 0.15) is 40.0 Å². The standard InChI is InChI=1S/C11H15N3O/c1-6-7-4-2-3-5-8(7)14-10(12)9(6)11(13)15/h2-5H2,1H3,(H2,12,14)(H2,13,15). The molecule has 0 bridgehead atoms. The van der Waals surface area contributed by atoms with Gasteiger partial charge in [-0.2, -0.15) is 0 Å². The molecule has 1 aliphatic carbocycles. The number of rotatable bonds is 1. The highest BCUT2D eigenvalue weighted by Gasteiger charge is 2.20. The molecule has 0 saturated heterocycles. The second kappa shape index (κ2) is 3.53. The topological polar surface area (TPSA) is 82.0 Å². The number of hydrogen-bond donors (Lipinski definition) is 2. The molecule has 0 unspecified atom stereocenters. The van der Waals surface area contributed by atoms with Crippen LogP contribution in [0.25, 0.3) is 0 Å². The van der Waals surface area contributed by atoms with Gasteiger partial charge in [0.2, 0.25) is 0 Å². The minimum absolute atomic E-state index is 0.278. The third-order valence-electron chi connectivity index (χ3n) is 3.02. The summed E-state index contributed by atoms with van der Waals surface area (Å²) >= 11 is 0. The lowest BCUT2D eigenvalue weighted by molar-refractivity contribution is 0.1000. The van der Waals surface area contributed by atoms with Gasteiger partial charge in [-0.1, -0.05) is 0 Å². The molecule has 1 aromatic rings. The average molecular weight is 205 g/mol. The van der Waals surface area contributed by atoms with Crippen LogP contribution in [-0.2, 0) is 12.8 Å². The number of hydrogen-bond acceptors (Lipinski definition) is 3. The van der Waals surface area contributed by atoms with Gasteiger partial charge in [0.05, 0.1) is 5.56 Å². The molecule has 0 radical (unpaired) electrons. The zero-order chi connectivity index (χ0) is 11.0. The van der Waals surface area contributed by atoms with Gasteiger partial charge >= 0.3 is 0 Å². The Morgan fingerprint density at radius 1 is 1.33 bits per heavy atom. The molecule has 4 nitrogen and oxygen atoms in total. The van der Waals surface area contributed by atoms with E-state index in [0.29, 0.717) is 5.56 Å². The van der Waals surface area contributed by atoms with Gasteiger partial charge < -0.3 is 11.5 Å². The third-order valence-corrected chi connectivity index (χ3v) is 3.02. The van der Waals surface area contributed by atoms with Crippen molar-refractivity contribution in [3.8, 4) is 0 Å². The molecule has 2 rings (SSSR count). The summed E-state index contributed by atoms with van der Waals surface area (Å²) in [7, 11) is 0. The van der Waals surface area contributed by atoms with Crippen molar-refractivity contribution in [2.24, 2.45) is 5.73 Å². The fraction of sp³-hybridized carbons (Fsp3) is 0.455. The molecule has 0 atom stereocenters. The van der Waals surface area contributed by atoms with Crippen LogP contribution in [0.2, 0.25) is 0 Å². The first-order valence-corrected chi connectivity index (χ1v) is 5.19. The van der Waals surface area contributed by atoms with Crippen LogP contribution in [0.3, 0.4) is 0 Å². The van der Waals surface area contributed by atoms with Crippen LogP contribution in [-0.4, -0.2) is 10.9 Å². The monoisotopic (exact) mass is 205 g/mol. The SMILES string of the molecule is Cc1c2c(nc(N)c1C(N)=O)CCCC2. The van der Waals surface area contributed by atoms with Gasteiger partial charge in [0.15, 0.2) is 0 Å². The van der Waals surface area contributed by atoms with Crippen LogP contribution >= 0.6 is 0 Å². The lowest BCUT2D eigenvalue weighted by Gasteiger charge is -2.19. The minimum atomic E-state index is -0.481. The van der Waals surface area contributed by atoms with Crippen molar-refractivity contribution in [3.63, 3.8) is 0 Å². The Morgan fingerprint density at radius 2 is 2.00 bits per heavy atom. The number of nitrogens with two attached hydrogens (primary N) is 2. The number of aromatic nitrogens is 1. The van der Waals surface area contributed by atoms with Gasteiger partial charge in [0, 0.05) is 5.69 Å². The number of pyridine rings is 1. The van der Waals surface area contributed by atoms with Gasteiger partial charge in [0.1, 0.15) is 5.82 Å². The van der Waals surface area contributed by atoms with Crippen LogP contribution in [0.4, 0.5) is 5.82 Å². The molecule has 0 aromatic carbocycles. The van der Waals surface area contributed by atoms with E-state index in [2.05, 4.69) is 4.98 Å². The molecular weight excluding hydrogens is 190 g/mol. The molecule has 0 fully saturated rings. The fourth-order valence-electron chi connectivity index (χ4n) is 2.27. The van der Waals surface area contributed by atoms with Crippen molar-refractivity contribution in [2.75, 3.05) is 5.73 Å². The van der Waals surface area contributed by atoms with Crippen molar-refractivity contribution in [3.05, 3.63) is 22.4 Å². The molecule has 0 aliphatic heterocycles. The zero-order valence-corrected chi connectivity index (χ0v) is 8.84. The summed E-state index contributed by atoms with van der Waals surface area (Å²) in [6.45, 7) is 1.91. The smallest absolute Gasteiger partial charge is 0.252 e. The molecule has 0 saturated carbocycles. The Kier molecular flexibility index (Phi) is 2.34. The largest absolute Gasteiger partial charge is 0.383 e. The third kappa shape index (κ3) is 1.56. The molecule has 15 heavy (non-hydrogen) atoms. The quantitative estimate of drug-likeness (QED) is 0.716. The normalized spacial score (nSPS) is 14.7. The number of carbonyl (C=O) groups is 1. The summed E-state index contributed by atoms with van der Waals surface area (Å²) in [4.78, 5) is 15.5. The number of nitrogens with zero attached hydrogens (tertiary/aromatic N) is 1. The summed E-state index contributed by atoms with van der Waals surface area (Å²) in [5, 5.41) is 0. The average Bonchev–Trinajstić information content (AvgIpc) is 2.17. The van der Waals surface area contributed by atoms with Crippen molar-refractivity contribution < 1.29 is 4.79 Å². The van der Waals surface area contributed by atoms with Crippen molar-refractivity contribution in [1.82, 2.24) is 4.98 Å². The Morgan fingerprint density at radius 3 is 2.67 bits per heavy atom. The predicted octanol–water partition coefficient (Wildman–Crippen LogP) is 0.950. The van der Waals surface area contributed by atoms with E-state index in [1.165, 1.54) is 5.56 Å². The maximum absolute atomic E-state index is 11.2. The van der Waals surface area contributed by atoms with Gasteiger partial charge in [-0.25, -0.2) is 4.98 Å². The Hall–Kier alpha value is -1.58. The van der Waals surface area contributed by atoms with Crippen molar-refractivity contribution in [1.29, 1.82) is 0 Å². The summed E-state index contributed by atoms with van der Waals surface area (Å²) in [5.41, 5.74) is 14.6. The first-order chi connectivity index (χ1) is 7.11. The molecule has 80 valence electrons. The van der Waals surface area contributed by atoms with Crippen LogP contribution in [0.15, 0.2) is 0 Å². The number of nitrogen functional groups attached to an aromatic ring is 1. The van der Waals surface area contributed by atoms with Crippen molar-refractivity contribution >= 4 is 11.7 Å². The number of aryl methyl sites for hydroxylation is 1. The highest BCUT2D eigenvalue weighted by Crippen LogP contribution is 2.27. The molecule has 1 aromatic heterocycles. The van der Waals surface area contributed by atoms with E-state index in [1.807, 2.05) is 6.92 Å². The maximum Gasteiger partial charge on any atom is 0.252 e. The second-order valence-electron chi connectivity index (χ2n) is 3.99. The van der Waals surface area contributed by atoms with Crippen LogP contribution in [0.5, 0.6) is 0 Å². The molecule has 4 N–H and O–H groups in total. The highest BCUT2D eigenvalue weighted by molar-refractivity contribution is 5.99. The number of primary amides is 1. The fourth-order valence-corrected chi connectivity index (χ4v) is 2.27. The van der Waals surface area contributed by atoms with E-state index in [0.717, 1.165) is 36.9 Å². The van der Waals surface area contributed by atoms with Gasteiger partial charge in [-0.3, -0.25) is 4.79 Å². The summed E-state index contributed by atoms with van der Waals surface area (Å²) in [6, 6.07) is 0. The molecule has 1 aliphatic rings. The Labute approximate surface area is 88.7 Å². The number of amides is 1. The van der Waals surface area contributed by atoms with E-state index in [4.69, 9.17) is 11.5 Å². The van der Waals surface area contributed by atoms with E-state index >= 15 is 0 Å². The van der Waals surface area contributed by atoms with E-state index in [1.54, 1.807) is 0 Å². The van der Waals surface area contributed by atoms with Gasteiger partial charge in [0.25, 0.3) is 5.91 Å². The summed E-state index contributed by atoms with van der Waals surface area (Å²) in [6.07, 6.45) is 4.24. The number of carbonyl (C=O) groups excluding carboxylic acids is 1. The van der Waals surface area contributed by atoms with E-state index in [9.17, 15) is 4.79 Å². The van der Waals surface area contributed by atoms with E-state index < -0.39 is 5.91 Å². The first-order valence-electron chi connectivity index (χ1n) is 5.19. The minimum Gasteiger partial charge on any atom is -0.383 e. The van der Waals surface area contributed by atoms with Crippen LogP contribution in [0, 0.1) is 6.92 Å². The Bertz CT molecular complexity index is 426. The number of anilines is 1. The number of fused-ring (bicyclic) bond motifs is 1. The van der Waals surface area contributed by atoms with Gasteiger partial charge in [-0.05, 0) is 43.7 Å².